The molecule has 0 saturated carbocycles. The van der Waals surface area contributed by atoms with E-state index < -0.39 is 17.2 Å². The van der Waals surface area contributed by atoms with E-state index in [0.717, 1.165) is 12.1 Å². The summed E-state index contributed by atoms with van der Waals surface area (Å²) in [6.07, 6.45) is 0.532. The molecule has 0 aliphatic rings. The van der Waals surface area contributed by atoms with Crippen molar-refractivity contribution in [3.8, 4) is 0 Å². The molecule has 2 nitrogen and oxygen atoms in total. The predicted octanol–water partition coefficient (Wildman–Crippen LogP) is 2.35. The van der Waals surface area contributed by atoms with Crippen molar-refractivity contribution in [3.05, 3.63) is 35.4 Å². The summed E-state index contributed by atoms with van der Waals surface area (Å²) in [5.74, 6) is -0.850. The molecule has 1 rings (SSSR count). The van der Waals surface area contributed by atoms with E-state index >= 15 is 0 Å². The molecule has 0 radical (unpaired) electrons. The molecular weight excluding hydrogens is 210 g/mol. The predicted molar refractivity (Wildman–Crippen MR) is 61.0 cm³/mol. The zero-order chi connectivity index (χ0) is 12.3. The van der Waals surface area contributed by atoms with Crippen molar-refractivity contribution in [1.82, 2.24) is 5.32 Å². The molecular formula is C12H18F2N2. The SMILES string of the molecule is CNC(CC(C)(C)N)c1cc(F)ccc1F. The molecule has 0 saturated heterocycles. The molecule has 0 fully saturated rings. The first-order valence-corrected chi connectivity index (χ1v) is 5.24. The van der Waals surface area contributed by atoms with Gasteiger partial charge in [-0.2, -0.15) is 0 Å². The smallest absolute Gasteiger partial charge is 0.128 e. The van der Waals surface area contributed by atoms with Gasteiger partial charge in [0.2, 0.25) is 0 Å². The Balaban J connectivity index is 2.99. The van der Waals surface area contributed by atoms with Crippen LogP contribution in [0.1, 0.15) is 31.9 Å². The van der Waals surface area contributed by atoms with Crippen LogP contribution < -0.4 is 11.1 Å². The van der Waals surface area contributed by atoms with Gasteiger partial charge in [-0.3, -0.25) is 0 Å². The van der Waals surface area contributed by atoms with E-state index in [0.29, 0.717) is 12.0 Å². The molecule has 0 spiro atoms. The number of nitrogens with two attached hydrogens (primary N) is 1. The van der Waals surface area contributed by atoms with Gasteiger partial charge >= 0.3 is 0 Å². The van der Waals surface area contributed by atoms with Crippen molar-refractivity contribution in [2.24, 2.45) is 5.73 Å². The zero-order valence-corrected chi connectivity index (χ0v) is 9.85. The van der Waals surface area contributed by atoms with Gasteiger partial charge < -0.3 is 11.1 Å². The Morgan fingerprint density at radius 1 is 1.38 bits per heavy atom. The fourth-order valence-corrected chi connectivity index (χ4v) is 1.68. The van der Waals surface area contributed by atoms with Gasteiger partial charge in [0.15, 0.2) is 0 Å². The van der Waals surface area contributed by atoms with E-state index in [1.54, 1.807) is 7.05 Å². The monoisotopic (exact) mass is 228 g/mol. The van der Waals surface area contributed by atoms with E-state index in [1.165, 1.54) is 6.07 Å². The summed E-state index contributed by atoms with van der Waals surface area (Å²) >= 11 is 0. The van der Waals surface area contributed by atoms with Crippen molar-refractivity contribution in [1.29, 1.82) is 0 Å². The van der Waals surface area contributed by atoms with Crippen LogP contribution in [0.3, 0.4) is 0 Å². The number of halogens is 2. The van der Waals surface area contributed by atoms with Crippen LogP contribution in [0.5, 0.6) is 0 Å². The maximum atomic E-state index is 13.5. The molecule has 1 unspecified atom stereocenters. The van der Waals surface area contributed by atoms with Crippen molar-refractivity contribution in [2.45, 2.75) is 31.8 Å². The number of hydrogen-bond acceptors (Lipinski definition) is 2. The summed E-state index contributed by atoms with van der Waals surface area (Å²) in [5, 5.41) is 2.96. The van der Waals surface area contributed by atoms with Crippen LogP contribution in [-0.4, -0.2) is 12.6 Å². The molecule has 1 aromatic carbocycles. The zero-order valence-electron chi connectivity index (χ0n) is 9.85. The third-order valence-corrected chi connectivity index (χ3v) is 2.41. The largest absolute Gasteiger partial charge is 0.325 e. The van der Waals surface area contributed by atoms with Crippen molar-refractivity contribution in [3.63, 3.8) is 0 Å². The van der Waals surface area contributed by atoms with Crippen LogP contribution >= 0.6 is 0 Å². The van der Waals surface area contributed by atoms with Crippen LogP contribution in [0.4, 0.5) is 8.78 Å². The average molecular weight is 228 g/mol. The summed E-state index contributed by atoms with van der Waals surface area (Å²) in [4.78, 5) is 0. The second-order valence-corrected chi connectivity index (χ2v) is 4.70. The summed E-state index contributed by atoms with van der Waals surface area (Å²) in [6.45, 7) is 3.71. The Bertz CT molecular complexity index is 359. The number of benzene rings is 1. The maximum absolute atomic E-state index is 13.5. The summed E-state index contributed by atoms with van der Waals surface area (Å²) in [7, 11) is 1.71. The highest BCUT2D eigenvalue weighted by Gasteiger charge is 2.22. The quantitative estimate of drug-likeness (QED) is 0.830. The summed E-state index contributed by atoms with van der Waals surface area (Å²) in [5.41, 5.74) is 5.76. The van der Waals surface area contributed by atoms with Crippen molar-refractivity contribution >= 4 is 0 Å². The fraction of sp³-hybridized carbons (Fsp3) is 0.500. The molecule has 0 bridgehead atoms. The lowest BCUT2D eigenvalue weighted by Crippen LogP contribution is -2.37. The van der Waals surface area contributed by atoms with Gasteiger partial charge in [0.05, 0.1) is 0 Å². The van der Waals surface area contributed by atoms with E-state index in [9.17, 15) is 8.78 Å². The number of nitrogens with one attached hydrogen (secondary N) is 1. The second-order valence-electron chi connectivity index (χ2n) is 4.70. The van der Waals surface area contributed by atoms with Crippen LogP contribution in [0.25, 0.3) is 0 Å². The third kappa shape index (κ3) is 3.54. The van der Waals surface area contributed by atoms with Crippen molar-refractivity contribution in [2.75, 3.05) is 7.05 Å². The third-order valence-electron chi connectivity index (χ3n) is 2.41. The average Bonchev–Trinajstić information content (AvgIpc) is 2.17. The first-order chi connectivity index (χ1) is 7.33. The van der Waals surface area contributed by atoms with Gasteiger partial charge in [-0.15, -0.1) is 0 Å². The van der Waals surface area contributed by atoms with E-state index in [-0.39, 0.29) is 6.04 Å². The summed E-state index contributed by atoms with van der Waals surface area (Å²) < 4.78 is 26.6. The number of hydrogen-bond donors (Lipinski definition) is 2. The molecule has 3 N–H and O–H groups in total. The lowest BCUT2D eigenvalue weighted by Gasteiger charge is -2.26. The van der Waals surface area contributed by atoms with Gasteiger partial charge in [-0.25, -0.2) is 8.78 Å². The molecule has 90 valence electrons. The van der Waals surface area contributed by atoms with Crippen LogP contribution in [0, 0.1) is 11.6 Å². The Morgan fingerprint density at radius 2 is 2.00 bits per heavy atom. The maximum Gasteiger partial charge on any atom is 0.128 e. The first-order valence-electron chi connectivity index (χ1n) is 5.24. The van der Waals surface area contributed by atoms with Gasteiger partial charge in [0, 0.05) is 17.1 Å². The highest BCUT2D eigenvalue weighted by Crippen LogP contribution is 2.24. The Kier molecular flexibility index (Phi) is 3.99. The van der Waals surface area contributed by atoms with Crippen LogP contribution in [0.2, 0.25) is 0 Å². The van der Waals surface area contributed by atoms with Gasteiger partial charge in [0.25, 0.3) is 0 Å². The fourth-order valence-electron chi connectivity index (χ4n) is 1.68. The van der Waals surface area contributed by atoms with Crippen LogP contribution in [0.15, 0.2) is 18.2 Å². The van der Waals surface area contributed by atoms with Crippen LogP contribution in [-0.2, 0) is 0 Å². The molecule has 4 heteroatoms. The van der Waals surface area contributed by atoms with E-state index in [1.807, 2.05) is 13.8 Å². The Hall–Kier alpha value is -1.00. The van der Waals surface area contributed by atoms with Gasteiger partial charge in [-0.05, 0) is 45.5 Å². The normalized spacial score (nSPS) is 13.9. The van der Waals surface area contributed by atoms with E-state index in [2.05, 4.69) is 5.32 Å². The molecule has 0 aromatic heterocycles. The summed E-state index contributed by atoms with van der Waals surface area (Å²) in [6, 6.07) is 3.18. The van der Waals surface area contributed by atoms with E-state index in [4.69, 9.17) is 5.73 Å². The molecule has 0 amide bonds. The Morgan fingerprint density at radius 3 is 2.50 bits per heavy atom. The minimum atomic E-state index is -0.438. The second kappa shape index (κ2) is 4.89. The lowest BCUT2D eigenvalue weighted by molar-refractivity contribution is 0.386. The highest BCUT2D eigenvalue weighted by molar-refractivity contribution is 5.22. The lowest BCUT2D eigenvalue weighted by atomic mass is 9.92. The molecule has 1 atom stereocenters. The molecule has 0 heterocycles. The van der Waals surface area contributed by atoms with Gasteiger partial charge in [0.1, 0.15) is 11.6 Å². The van der Waals surface area contributed by atoms with Gasteiger partial charge in [-0.1, -0.05) is 0 Å². The molecule has 16 heavy (non-hydrogen) atoms. The highest BCUT2D eigenvalue weighted by atomic mass is 19.1. The first kappa shape index (κ1) is 13.1. The Labute approximate surface area is 94.8 Å². The molecule has 0 aliphatic heterocycles. The molecule has 0 aliphatic carbocycles. The van der Waals surface area contributed by atoms with Crippen molar-refractivity contribution < 1.29 is 8.78 Å². The topological polar surface area (TPSA) is 38.0 Å². The standard InChI is InChI=1S/C12H18F2N2/c1-12(2,15)7-11(16-3)9-6-8(13)4-5-10(9)14/h4-6,11,16H,7,15H2,1-3H3. The number of rotatable bonds is 4. The minimum Gasteiger partial charge on any atom is -0.325 e. The molecule has 1 aromatic rings. The minimum absolute atomic E-state index is 0.282.